The SMILES string of the molecule is COC(=O)C1CCN(C(=O)CN(c2ccccc2OC)S(=O)(=O)c2ccc(C)cc2)CC1. The van der Waals surface area contributed by atoms with E-state index in [1.807, 2.05) is 6.92 Å². The van der Waals surface area contributed by atoms with Crippen LogP contribution in [0, 0.1) is 12.8 Å². The minimum atomic E-state index is -4.03. The zero-order chi connectivity index (χ0) is 23.3. The number of ether oxygens (including phenoxy) is 2. The number of esters is 1. The fraction of sp³-hybridized carbons (Fsp3) is 0.391. The van der Waals surface area contributed by atoms with Gasteiger partial charge in [-0.25, -0.2) is 8.42 Å². The van der Waals surface area contributed by atoms with Crippen molar-refractivity contribution in [3.8, 4) is 5.75 Å². The number of likely N-dealkylation sites (tertiary alicyclic amines) is 1. The molecule has 0 bridgehead atoms. The molecule has 0 atom stereocenters. The van der Waals surface area contributed by atoms with E-state index in [-0.39, 0.29) is 34.9 Å². The molecule has 0 aromatic heterocycles. The lowest BCUT2D eigenvalue weighted by atomic mass is 9.97. The third-order valence-electron chi connectivity index (χ3n) is 5.62. The Labute approximate surface area is 188 Å². The molecule has 1 amide bonds. The third kappa shape index (κ3) is 5.04. The van der Waals surface area contributed by atoms with Crippen LogP contribution in [-0.4, -0.2) is 59.0 Å². The highest BCUT2D eigenvalue weighted by Crippen LogP contribution is 2.32. The smallest absolute Gasteiger partial charge is 0.308 e. The molecule has 3 rings (SSSR count). The quantitative estimate of drug-likeness (QED) is 0.590. The topological polar surface area (TPSA) is 93.2 Å². The molecule has 0 unspecified atom stereocenters. The van der Waals surface area contributed by atoms with Gasteiger partial charge in [-0.3, -0.25) is 13.9 Å². The summed E-state index contributed by atoms with van der Waals surface area (Å²) < 4.78 is 38.4. The maximum atomic E-state index is 13.5. The Morgan fingerprint density at radius 2 is 1.66 bits per heavy atom. The van der Waals surface area contributed by atoms with Crippen molar-refractivity contribution in [1.82, 2.24) is 4.90 Å². The number of aryl methyl sites for hydroxylation is 1. The summed E-state index contributed by atoms with van der Waals surface area (Å²) in [6.07, 6.45) is 0.968. The summed E-state index contributed by atoms with van der Waals surface area (Å²) in [7, 11) is -1.23. The van der Waals surface area contributed by atoms with Crippen molar-refractivity contribution in [3.05, 3.63) is 54.1 Å². The average molecular weight is 461 g/mol. The van der Waals surface area contributed by atoms with Crippen LogP contribution in [0.15, 0.2) is 53.4 Å². The maximum Gasteiger partial charge on any atom is 0.308 e. The lowest BCUT2D eigenvalue weighted by molar-refractivity contribution is -0.148. The molecule has 1 heterocycles. The first kappa shape index (κ1) is 23.6. The third-order valence-corrected chi connectivity index (χ3v) is 7.40. The summed E-state index contributed by atoms with van der Waals surface area (Å²) in [4.78, 5) is 26.6. The number of para-hydroxylation sites is 2. The molecule has 8 nitrogen and oxygen atoms in total. The minimum absolute atomic E-state index is 0.0891. The number of carbonyl (C=O) groups is 2. The van der Waals surface area contributed by atoms with Gasteiger partial charge in [0.15, 0.2) is 0 Å². The summed E-state index contributed by atoms with van der Waals surface area (Å²) in [6.45, 7) is 2.22. The Morgan fingerprint density at radius 3 is 2.25 bits per heavy atom. The van der Waals surface area contributed by atoms with Gasteiger partial charge in [0.1, 0.15) is 12.3 Å². The predicted octanol–water partition coefficient (Wildman–Crippen LogP) is 2.61. The fourth-order valence-electron chi connectivity index (χ4n) is 3.73. The zero-order valence-electron chi connectivity index (χ0n) is 18.5. The van der Waals surface area contributed by atoms with Crippen molar-refractivity contribution in [2.75, 3.05) is 38.2 Å². The number of benzene rings is 2. The van der Waals surface area contributed by atoms with E-state index in [0.717, 1.165) is 9.87 Å². The molecule has 1 saturated heterocycles. The van der Waals surface area contributed by atoms with Crippen LogP contribution >= 0.6 is 0 Å². The summed E-state index contributed by atoms with van der Waals surface area (Å²) in [6, 6.07) is 13.2. The minimum Gasteiger partial charge on any atom is -0.495 e. The van der Waals surface area contributed by atoms with E-state index < -0.39 is 10.0 Å². The largest absolute Gasteiger partial charge is 0.495 e. The predicted molar refractivity (Wildman–Crippen MR) is 120 cm³/mol. The molecule has 0 spiro atoms. The fourth-order valence-corrected chi connectivity index (χ4v) is 5.15. The van der Waals surface area contributed by atoms with Crippen molar-refractivity contribution in [2.24, 2.45) is 5.92 Å². The molecule has 0 N–H and O–H groups in total. The number of piperidine rings is 1. The van der Waals surface area contributed by atoms with Gasteiger partial charge >= 0.3 is 5.97 Å². The Hall–Kier alpha value is -3.07. The van der Waals surface area contributed by atoms with Gasteiger partial charge in [0.05, 0.1) is 30.7 Å². The highest BCUT2D eigenvalue weighted by molar-refractivity contribution is 7.92. The van der Waals surface area contributed by atoms with E-state index >= 15 is 0 Å². The van der Waals surface area contributed by atoms with Gasteiger partial charge in [0.25, 0.3) is 10.0 Å². The molecule has 2 aromatic rings. The first-order valence-electron chi connectivity index (χ1n) is 10.4. The van der Waals surface area contributed by atoms with Crippen LogP contribution < -0.4 is 9.04 Å². The van der Waals surface area contributed by atoms with E-state index in [4.69, 9.17) is 9.47 Å². The van der Waals surface area contributed by atoms with Gasteiger partial charge in [-0.1, -0.05) is 29.8 Å². The molecule has 1 fully saturated rings. The van der Waals surface area contributed by atoms with E-state index in [0.29, 0.717) is 31.7 Å². The summed E-state index contributed by atoms with van der Waals surface area (Å²) in [5.41, 5.74) is 1.21. The number of rotatable bonds is 7. The van der Waals surface area contributed by atoms with Crippen LogP contribution in [0.1, 0.15) is 18.4 Å². The van der Waals surface area contributed by atoms with E-state index in [1.54, 1.807) is 41.3 Å². The van der Waals surface area contributed by atoms with Crippen LogP contribution in [0.4, 0.5) is 5.69 Å². The Morgan fingerprint density at radius 1 is 1.03 bits per heavy atom. The normalized spacial score (nSPS) is 14.7. The number of amides is 1. The van der Waals surface area contributed by atoms with Gasteiger partial charge in [0, 0.05) is 13.1 Å². The maximum absolute atomic E-state index is 13.5. The zero-order valence-corrected chi connectivity index (χ0v) is 19.3. The number of methoxy groups -OCH3 is 2. The monoisotopic (exact) mass is 460 g/mol. The summed E-state index contributed by atoms with van der Waals surface area (Å²) in [5, 5.41) is 0. The molecule has 0 saturated carbocycles. The molecule has 9 heteroatoms. The molecular formula is C23H28N2O6S. The first-order valence-corrected chi connectivity index (χ1v) is 11.8. The van der Waals surface area contributed by atoms with Crippen LogP contribution in [0.2, 0.25) is 0 Å². The second kappa shape index (κ2) is 10.0. The van der Waals surface area contributed by atoms with Crippen LogP contribution in [0.25, 0.3) is 0 Å². The lowest BCUT2D eigenvalue weighted by Crippen LogP contribution is -2.46. The van der Waals surface area contributed by atoms with E-state index in [2.05, 4.69) is 0 Å². The number of nitrogens with zero attached hydrogens (tertiary/aromatic N) is 2. The Bertz CT molecular complexity index is 1060. The Kier molecular flexibility index (Phi) is 7.40. The second-order valence-electron chi connectivity index (χ2n) is 7.67. The molecule has 0 aliphatic carbocycles. The average Bonchev–Trinajstić information content (AvgIpc) is 2.82. The molecule has 0 radical (unpaired) electrons. The molecule has 1 aliphatic heterocycles. The van der Waals surface area contributed by atoms with Crippen molar-refractivity contribution in [1.29, 1.82) is 0 Å². The van der Waals surface area contributed by atoms with Gasteiger partial charge < -0.3 is 14.4 Å². The highest BCUT2D eigenvalue weighted by atomic mass is 32.2. The summed E-state index contributed by atoms with van der Waals surface area (Å²) in [5.74, 6) is -0.518. The van der Waals surface area contributed by atoms with Gasteiger partial charge in [-0.2, -0.15) is 0 Å². The molecular weight excluding hydrogens is 432 g/mol. The number of anilines is 1. The second-order valence-corrected chi connectivity index (χ2v) is 9.54. The standard InChI is InChI=1S/C23H28N2O6S/c1-17-8-10-19(11-9-17)32(28,29)25(20-6-4-5-7-21(20)30-2)16-22(26)24-14-12-18(13-15-24)23(27)31-3/h4-11,18H,12-16H2,1-3H3. The molecule has 1 aliphatic rings. The highest BCUT2D eigenvalue weighted by Gasteiger charge is 2.33. The molecule has 2 aromatic carbocycles. The number of hydrogen-bond donors (Lipinski definition) is 0. The summed E-state index contributed by atoms with van der Waals surface area (Å²) >= 11 is 0. The molecule has 172 valence electrons. The van der Waals surface area contributed by atoms with Crippen molar-refractivity contribution < 1.29 is 27.5 Å². The van der Waals surface area contributed by atoms with Crippen LogP contribution in [0.3, 0.4) is 0 Å². The number of carbonyl (C=O) groups excluding carboxylic acids is 2. The van der Waals surface area contributed by atoms with Crippen LogP contribution in [-0.2, 0) is 24.3 Å². The number of sulfonamides is 1. The Balaban J connectivity index is 1.89. The van der Waals surface area contributed by atoms with E-state index in [1.165, 1.54) is 26.4 Å². The first-order chi connectivity index (χ1) is 15.3. The number of hydrogen-bond acceptors (Lipinski definition) is 6. The molecule has 32 heavy (non-hydrogen) atoms. The van der Waals surface area contributed by atoms with Crippen molar-refractivity contribution in [2.45, 2.75) is 24.7 Å². The van der Waals surface area contributed by atoms with Crippen LogP contribution in [0.5, 0.6) is 5.75 Å². The van der Waals surface area contributed by atoms with Crippen molar-refractivity contribution in [3.63, 3.8) is 0 Å². The van der Waals surface area contributed by atoms with Gasteiger partial charge in [-0.05, 0) is 44.0 Å². The van der Waals surface area contributed by atoms with Gasteiger partial charge in [-0.15, -0.1) is 0 Å². The van der Waals surface area contributed by atoms with Gasteiger partial charge in [0.2, 0.25) is 5.91 Å². The van der Waals surface area contributed by atoms with E-state index in [9.17, 15) is 18.0 Å². The lowest BCUT2D eigenvalue weighted by Gasteiger charge is -2.33. The van der Waals surface area contributed by atoms with Crippen molar-refractivity contribution >= 4 is 27.6 Å².